The molecule has 1 aromatic carbocycles. The van der Waals surface area contributed by atoms with Crippen LogP contribution in [0.25, 0.3) is 0 Å². The van der Waals surface area contributed by atoms with Crippen LogP contribution in [0, 0.1) is 0 Å². The fourth-order valence-corrected chi connectivity index (χ4v) is 5.12. The van der Waals surface area contributed by atoms with Crippen molar-refractivity contribution in [2.45, 2.75) is 56.2 Å². The maximum absolute atomic E-state index is 5.86. The third kappa shape index (κ3) is 1.87. The summed E-state index contributed by atoms with van der Waals surface area (Å²) in [5, 5.41) is 0. The summed E-state index contributed by atoms with van der Waals surface area (Å²) in [4.78, 5) is 2.64. The van der Waals surface area contributed by atoms with Gasteiger partial charge in [0.2, 0.25) is 0 Å². The number of ether oxygens (including phenoxy) is 2. The van der Waals surface area contributed by atoms with Crippen molar-refractivity contribution in [2.75, 3.05) is 20.8 Å². The van der Waals surface area contributed by atoms with E-state index in [-0.39, 0.29) is 6.23 Å². The van der Waals surface area contributed by atoms with Gasteiger partial charge in [-0.3, -0.25) is 4.90 Å². The average molecular weight is 287 g/mol. The molecule has 3 unspecified atom stereocenters. The maximum Gasteiger partial charge on any atom is 0.119 e. The second-order valence-corrected chi connectivity index (χ2v) is 6.82. The summed E-state index contributed by atoms with van der Waals surface area (Å²) in [5.41, 5.74) is 3.36. The first-order valence-corrected chi connectivity index (χ1v) is 8.24. The second-order valence-electron chi connectivity index (χ2n) is 6.82. The molecule has 1 aromatic rings. The predicted molar refractivity (Wildman–Crippen MR) is 82.8 cm³/mol. The normalized spacial score (nSPS) is 37.5. The number of hydrogen-bond donors (Lipinski definition) is 0. The zero-order chi connectivity index (χ0) is 14.4. The number of fused-ring (bicyclic) bond motifs is 1. The predicted octanol–water partition coefficient (Wildman–Crippen LogP) is 3.11. The summed E-state index contributed by atoms with van der Waals surface area (Å²) in [6.07, 6.45) is 7.88. The molecule has 0 N–H and O–H groups in total. The quantitative estimate of drug-likeness (QED) is 0.834. The first-order valence-electron chi connectivity index (χ1n) is 8.24. The van der Waals surface area contributed by atoms with Crippen molar-refractivity contribution in [2.24, 2.45) is 0 Å². The largest absolute Gasteiger partial charge is 0.497 e. The molecule has 1 saturated heterocycles. The van der Waals surface area contributed by atoms with Gasteiger partial charge in [0.1, 0.15) is 12.0 Å². The van der Waals surface area contributed by atoms with Crippen molar-refractivity contribution < 1.29 is 9.47 Å². The van der Waals surface area contributed by atoms with Crippen molar-refractivity contribution in [3.8, 4) is 5.75 Å². The Labute approximate surface area is 127 Å². The molecular weight excluding hydrogens is 262 g/mol. The van der Waals surface area contributed by atoms with E-state index >= 15 is 0 Å². The molecule has 3 aliphatic rings. The van der Waals surface area contributed by atoms with Crippen LogP contribution in [0.4, 0.5) is 0 Å². The van der Waals surface area contributed by atoms with Gasteiger partial charge in [-0.15, -0.1) is 0 Å². The van der Waals surface area contributed by atoms with E-state index < -0.39 is 0 Å². The van der Waals surface area contributed by atoms with Gasteiger partial charge in [-0.2, -0.15) is 0 Å². The van der Waals surface area contributed by atoms with Crippen LogP contribution in [0.1, 0.15) is 43.2 Å². The Morgan fingerprint density at radius 3 is 2.90 bits per heavy atom. The summed E-state index contributed by atoms with van der Waals surface area (Å²) in [6, 6.07) is 7.34. The molecule has 0 spiro atoms. The molecule has 2 bridgehead atoms. The summed E-state index contributed by atoms with van der Waals surface area (Å²) < 4.78 is 11.4. The minimum atomic E-state index is 0.240. The van der Waals surface area contributed by atoms with Crippen LogP contribution >= 0.6 is 0 Å². The summed E-state index contributed by atoms with van der Waals surface area (Å²) in [5.74, 6) is 1.00. The van der Waals surface area contributed by atoms with Crippen LogP contribution in [-0.4, -0.2) is 37.9 Å². The number of nitrogens with zero attached hydrogens (tertiary/aromatic N) is 1. The molecule has 0 amide bonds. The number of benzene rings is 1. The standard InChI is InChI=1S/C18H25NO2/c1-20-14-7-6-13-11-17(21-2)19-10-9-18(15(13)12-14)8-4-3-5-16(18)19/h6-7,12,16-17H,3-5,8-11H2,1-2H3/t16-,17?,18?/m1/s1. The van der Waals surface area contributed by atoms with E-state index in [1.807, 2.05) is 7.11 Å². The third-order valence-corrected chi connectivity index (χ3v) is 6.09. The molecule has 1 saturated carbocycles. The van der Waals surface area contributed by atoms with E-state index in [4.69, 9.17) is 9.47 Å². The van der Waals surface area contributed by atoms with Gasteiger partial charge in [-0.05, 0) is 42.5 Å². The van der Waals surface area contributed by atoms with E-state index in [1.54, 1.807) is 12.7 Å². The molecule has 1 aliphatic carbocycles. The van der Waals surface area contributed by atoms with E-state index in [2.05, 4.69) is 23.1 Å². The molecule has 3 nitrogen and oxygen atoms in total. The van der Waals surface area contributed by atoms with Crippen molar-refractivity contribution in [3.05, 3.63) is 29.3 Å². The summed E-state index contributed by atoms with van der Waals surface area (Å²) in [6.45, 7) is 1.18. The fraction of sp³-hybridized carbons (Fsp3) is 0.667. The molecular formula is C18H25NO2. The van der Waals surface area contributed by atoms with Gasteiger partial charge in [-0.1, -0.05) is 18.9 Å². The topological polar surface area (TPSA) is 21.7 Å². The monoisotopic (exact) mass is 287 g/mol. The van der Waals surface area contributed by atoms with Gasteiger partial charge >= 0.3 is 0 Å². The van der Waals surface area contributed by atoms with Crippen LogP contribution in [0.3, 0.4) is 0 Å². The highest BCUT2D eigenvalue weighted by Crippen LogP contribution is 2.53. The zero-order valence-electron chi connectivity index (χ0n) is 13.1. The smallest absolute Gasteiger partial charge is 0.119 e. The Bertz CT molecular complexity index is 544. The SMILES string of the molecule is COc1ccc2c(c1)C13CCCC[C@H]1N(CC3)C(OC)C2. The minimum Gasteiger partial charge on any atom is -0.497 e. The Kier molecular flexibility index (Phi) is 3.23. The lowest BCUT2D eigenvalue weighted by Gasteiger charge is -2.42. The van der Waals surface area contributed by atoms with Crippen LogP contribution in [0.5, 0.6) is 5.75 Å². The zero-order valence-corrected chi connectivity index (χ0v) is 13.1. The number of rotatable bonds is 2. The van der Waals surface area contributed by atoms with Crippen molar-refractivity contribution in [1.82, 2.24) is 4.90 Å². The minimum absolute atomic E-state index is 0.240. The molecule has 2 aliphatic heterocycles. The summed E-state index contributed by atoms with van der Waals surface area (Å²) >= 11 is 0. The van der Waals surface area contributed by atoms with Crippen molar-refractivity contribution in [3.63, 3.8) is 0 Å². The van der Waals surface area contributed by atoms with Gasteiger partial charge < -0.3 is 9.47 Å². The van der Waals surface area contributed by atoms with Gasteiger partial charge in [-0.25, -0.2) is 0 Å². The lowest BCUT2D eigenvalue weighted by atomic mass is 9.65. The number of hydrogen-bond acceptors (Lipinski definition) is 3. The third-order valence-electron chi connectivity index (χ3n) is 6.09. The molecule has 2 fully saturated rings. The van der Waals surface area contributed by atoms with Gasteiger partial charge in [0.25, 0.3) is 0 Å². The molecule has 4 rings (SSSR count). The van der Waals surface area contributed by atoms with Gasteiger partial charge in [0.15, 0.2) is 0 Å². The van der Waals surface area contributed by atoms with Crippen molar-refractivity contribution >= 4 is 0 Å². The summed E-state index contributed by atoms with van der Waals surface area (Å²) in [7, 11) is 3.63. The Morgan fingerprint density at radius 1 is 1.19 bits per heavy atom. The van der Waals surface area contributed by atoms with E-state index in [0.717, 1.165) is 12.2 Å². The Balaban J connectivity index is 1.89. The highest BCUT2D eigenvalue weighted by atomic mass is 16.5. The van der Waals surface area contributed by atoms with E-state index in [9.17, 15) is 0 Å². The molecule has 0 radical (unpaired) electrons. The van der Waals surface area contributed by atoms with Gasteiger partial charge in [0, 0.05) is 31.5 Å². The number of methoxy groups -OCH3 is 2. The lowest BCUT2D eigenvalue weighted by Crippen LogP contribution is -2.47. The lowest BCUT2D eigenvalue weighted by molar-refractivity contribution is -0.0469. The van der Waals surface area contributed by atoms with Crippen LogP contribution in [-0.2, 0) is 16.6 Å². The first-order chi connectivity index (χ1) is 10.3. The molecule has 4 atom stereocenters. The Hall–Kier alpha value is -1.06. The van der Waals surface area contributed by atoms with Crippen LogP contribution in [0.2, 0.25) is 0 Å². The van der Waals surface area contributed by atoms with Crippen molar-refractivity contribution in [1.29, 1.82) is 0 Å². The molecule has 21 heavy (non-hydrogen) atoms. The Morgan fingerprint density at radius 2 is 2.10 bits per heavy atom. The first kappa shape index (κ1) is 13.6. The molecule has 0 aromatic heterocycles. The van der Waals surface area contributed by atoms with E-state index in [0.29, 0.717) is 11.5 Å². The molecule has 2 heterocycles. The molecule has 3 heteroatoms. The van der Waals surface area contributed by atoms with Crippen LogP contribution < -0.4 is 4.74 Å². The van der Waals surface area contributed by atoms with E-state index in [1.165, 1.54) is 44.2 Å². The maximum atomic E-state index is 5.86. The fourth-order valence-electron chi connectivity index (χ4n) is 5.12. The molecule has 114 valence electrons. The van der Waals surface area contributed by atoms with Gasteiger partial charge in [0.05, 0.1) is 7.11 Å². The highest BCUT2D eigenvalue weighted by molar-refractivity contribution is 5.45. The van der Waals surface area contributed by atoms with Crippen LogP contribution in [0.15, 0.2) is 18.2 Å². The highest BCUT2D eigenvalue weighted by Gasteiger charge is 2.53. The second kappa shape index (κ2) is 4.99. The average Bonchev–Trinajstić information content (AvgIpc) is 2.87.